The predicted molar refractivity (Wildman–Crippen MR) is 223 cm³/mol. The summed E-state index contributed by atoms with van der Waals surface area (Å²) in [7, 11) is 0. The Morgan fingerprint density at radius 3 is 0.897 bits per heavy atom. The minimum absolute atomic E-state index is 0.0372. The normalized spacial score (nSPS) is 10.8. The molecule has 0 spiro atoms. The molecule has 0 aliphatic rings. The second-order valence-electron chi connectivity index (χ2n) is 14.0. The van der Waals surface area contributed by atoms with Crippen LogP contribution in [0.25, 0.3) is 0 Å². The number of rotatable bonds is 39. The highest BCUT2D eigenvalue weighted by Gasteiger charge is 2.17. The lowest BCUT2D eigenvalue weighted by molar-refractivity contribution is -0.122. The van der Waals surface area contributed by atoms with Crippen molar-refractivity contribution in [3.63, 3.8) is 0 Å². The minimum Gasteiger partial charge on any atom is -0.447 e. The van der Waals surface area contributed by atoms with E-state index in [9.17, 15) is 28.8 Å². The quantitative estimate of drug-likeness (QED) is 0.0399. The Balaban J connectivity index is 4.82. The standard InChI is InChI=1S/C39H78N10O9/c40-18-10-2-1-6-14-34(50)44-22-26-48(27-23-45-35(51)15-7-3-11-19-41)38(54)57-32-30-56-31-33-58-39(55)49(28-24-46-36(52)16-8-4-12-20-42)29-25-47-37(53)17-9-5-13-21-43/h1-33,40-43H2,(H,44,50)(H,45,51)(H,46,52)(H,47,53). The van der Waals surface area contributed by atoms with E-state index in [1.54, 1.807) is 0 Å². The van der Waals surface area contributed by atoms with E-state index in [1.807, 2.05) is 0 Å². The molecule has 338 valence electrons. The number of amides is 6. The maximum absolute atomic E-state index is 12.9. The number of nitrogens with zero attached hydrogens (tertiary/aromatic N) is 2. The zero-order valence-corrected chi connectivity index (χ0v) is 35.2. The van der Waals surface area contributed by atoms with E-state index in [-0.39, 0.29) is 102 Å². The molecule has 19 nitrogen and oxygen atoms in total. The van der Waals surface area contributed by atoms with Crippen LogP contribution >= 0.6 is 0 Å². The Bertz CT molecular complexity index is 1060. The van der Waals surface area contributed by atoms with Crippen LogP contribution in [-0.2, 0) is 33.4 Å². The smallest absolute Gasteiger partial charge is 0.409 e. The van der Waals surface area contributed by atoms with Crippen molar-refractivity contribution >= 4 is 35.8 Å². The first-order valence-electron chi connectivity index (χ1n) is 21.5. The summed E-state index contributed by atoms with van der Waals surface area (Å²) in [6.07, 6.45) is 11.2. The predicted octanol–water partition coefficient (Wildman–Crippen LogP) is 0.812. The van der Waals surface area contributed by atoms with Gasteiger partial charge in [-0.25, -0.2) is 9.59 Å². The fourth-order valence-electron chi connectivity index (χ4n) is 5.53. The SMILES string of the molecule is NCCCCCCC(=O)NCCN(CCNC(=O)CCCCCN)C(=O)OCCOCCOC(=O)N(CCNC(=O)CCCCCN)CCNC(=O)CCCCCN. The molecule has 58 heavy (non-hydrogen) atoms. The summed E-state index contributed by atoms with van der Waals surface area (Å²) in [5.41, 5.74) is 22.1. The van der Waals surface area contributed by atoms with Gasteiger partial charge < -0.3 is 68.2 Å². The van der Waals surface area contributed by atoms with Crippen LogP contribution < -0.4 is 44.2 Å². The molecule has 0 fully saturated rings. The zero-order chi connectivity index (χ0) is 42.9. The number of unbranched alkanes of at least 4 members (excludes halogenated alkanes) is 9. The van der Waals surface area contributed by atoms with Crippen molar-refractivity contribution in [1.29, 1.82) is 0 Å². The van der Waals surface area contributed by atoms with Crippen molar-refractivity contribution in [3.8, 4) is 0 Å². The molecule has 0 aliphatic heterocycles. The van der Waals surface area contributed by atoms with Crippen molar-refractivity contribution in [3.05, 3.63) is 0 Å². The van der Waals surface area contributed by atoms with Gasteiger partial charge in [0.15, 0.2) is 0 Å². The van der Waals surface area contributed by atoms with Crippen LogP contribution in [-0.4, -0.2) is 151 Å². The van der Waals surface area contributed by atoms with Crippen molar-refractivity contribution < 1.29 is 43.0 Å². The van der Waals surface area contributed by atoms with Crippen LogP contribution in [0.5, 0.6) is 0 Å². The number of carbonyl (C=O) groups excluding carboxylic acids is 6. The van der Waals surface area contributed by atoms with Crippen LogP contribution in [0, 0.1) is 0 Å². The van der Waals surface area contributed by atoms with Crippen LogP contribution in [0.2, 0.25) is 0 Å². The Labute approximate surface area is 346 Å². The molecule has 0 aromatic carbocycles. The molecule has 12 N–H and O–H groups in total. The third kappa shape index (κ3) is 34.3. The molecule has 0 bridgehead atoms. The highest BCUT2D eigenvalue weighted by Crippen LogP contribution is 2.04. The molecule has 0 atom stereocenters. The summed E-state index contributed by atoms with van der Waals surface area (Å²) >= 11 is 0. The third-order valence-corrected chi connectivity index (χ3v) is 8.92. The highest BCUT2D eigenvalue weighted by atomic mass is 16.6. The van der Waals surface area contributed by atoms with Crippen LogP contribution in [0.3, 0.4) is 0 Å². The Morgan fingerprint density at radius 1 is 0.362 bits per heavy atom. The summed E-state index contributed by atoms with van der Waals surface area (Å²) < 4.78 is 16.3. The first kappa shape index (κ1) is 54.2. The number of carbonyl (C=O) groups is 6. The van der Waals surface area contributed by atoms with E-state index in [0.717, 1.165) is 83.5 Å². The summed E-state index contributed by atoms with van der Waals surface area (Å²) in [5, 5.41) is 11.3. The van der Waals surface area contributed by atoms with Crippen LogP contribution in [0.4, 0.5) is 9.59 Å². The van der Waals surface area contributed by atoms with E-state index >= 15 is 0 Å². The summed E-state index contributed by atoms with van der Waals surface area (Å²) in [5.74, 6) is -0.440. The summed E-state index contributed by atoms with van der Waals surface area (Å²) in [6, 6.07) is 0. The molecule has 0 aromatic rings. The molecule has 19 heteroatoms. The van der Waals surface area contributed by atoms with Gasteiger partial charge in [-0.1, -0.05) is 32.1 Å². The second kappa shape index (κ2) is 40.0. The van der Waals surface area contributed by atoms with Crippen molar-refractivity contribution in [2.75, 3.05) is 105 Å². The van der Waals surface area contributed by atoms with Gasteiger partial charge in [0.25, 0.3) is 0 Å². The minimum atomic E-state index is -0.624. The van der Waals surface area contributed by atoms with E-state index in [4.69, 9.17) is 37.1 Å². The average molecular weight is 831 g/mol. The summed E-state index contributed by atoms with van der Waals surface area (Å²) in [6.45, 7) is 3.96. The first-order chi connectivity index (χ1) is 28.2. The van der Waals surface area contributed by atoms with Gasteiger partial charge in [-0.15, -0.1) is 0 Å². The van der Waals surface area contributed by atoms with Crippen molar-refractivity contribution in [2.45, 2.75) is 109 Å². The van der Waals surface area contributed by atoms with Gasteiger partial charge in [-0.2, -0.15) is 0 Å². The largest absolute Gasteiger partial charge is 0.447 e. The highest BCUT2D eigenvalue weighted by molar-refractivity contribution is 5.77. The molecule has 0 unspecified atom stereocenters. The van der Waals surface area contributed by atoms with Crippen LogP contribution in [0.15, 0.2) is 0 Å². The number of hydrogen-bond acceptors (Lipinski definition) is 13. The number of hydrogen-bond donors (Lipinski definition) is 8. The molecule has 0 saturated heterocycles. The Kier molecular flexibility index (Phi) is 37.4. The molecule has 6 amide bonds. The maximum atomic E-state index is 12.9. The fraction of sp³-hybridized carbons (Fsp3) is 0.846. The van der Waals surface area contributed by atoms with Gasteiger partial charge in [0.2, 0.25) is 23.6 Å². The van der Waals surface area contributed by atoms with E-state index < -0.39 is 12.2 Å². The third-order valence-electron chi connectivity index (χ3n) is 8.92. The molecule has 0 heterocycles. The van der Waals surface area contributed by atoms with Gasteiger partial charge in [-0.3, -0.25) is 19.2 Å². The van der Waals surface area contributed by atoms with Gasteiger partial charge in [0.05, 0.1) is 13.2 Å². The molecular weight excluding hydrogens is 752 g/mol. The van der Waals surface area contributed by atoms with Crippen molar-refractivity contribution in [1.82, 2.24) is 31.1 Å². The molecule has 0 aliphatic carbocycles. The van der Waals surface area contributed by atoms with E-state index in [1.165, 1.54) is 9.80 Å². The molecular formula is C39H78N10O9. The fourth-order valence-corrected chi connectivity index (χ4v) is 5.53. The Morgan fingerprint density at radius 2 is 0.621 bits per heavy atom. The lowest BCUT2D eigenvalue weighted by atomic mass is 10.1. The van der Waals surface area contributed by atoms with E-state index in [2.05, 4.69) is 21.3 Å². The van der Waals surface area contributed by atoms with Gasteiger partial charge >= 0.3 is 12.2 Å². The number of ether oxygens (including phenoxy) is 3. The van der Waals surface area contributed by atoms with Gasteiger partial charge in [0, 0.05) is 78.0 Å². The van der Waals surface area contributed by atoms with Crippen LogP contribution in [0.1, 0.15) is 109 Å². The maximum Gasteiger partial charge on any atom is 0.409 e. The lowest BCUT2D eigenvalue weighted by Crippen LogP contribution is -2.43. The monoisotopic (exact) mass is 831 g/mol. The topological polar surface area (TPSA) is 289 Å². The molecule has 0 rings (SSSR count). The molecule has 0 aromatic heterocycles. The number of nitrogens with one attached hydrogen (secondary N) is 4. The second-order valence-corrected chi connectivity index (χ2v) is 14.0. The molecule has 0 saturated carbocycles. The average Bonchev–Trinajstić information content (AvgIpc) is 3.21. The van der Waals surface area contributed by atoms with E-state index in [0.29, 0.717) is 51.9 Å². The van der Waals surface area contributed by atoms with Gasteiger partial charge in [-0.05, 0) is 77.5 Å². The zero-order valence-electron chi connectivity index (χ0n) is 35.2. The van der Waals surface area contributed by atoms with Crippen molar-refractivity contribution in [2.24, 2.45) is 22.9 Å². The number of nitrogens with two attached hydrogens (primary N) is 4. The summed E-state index contributed by atoms with van der Waals surface area (Å²) in [4.78, 5) is 77.6. The lowest BCUT2D eigenvalue weighted by Gasteiger charge is -2.23. The van der Waals surface area contributed by atoms with Gasteiger partial charge in [0.1, 0.15) is 13.2 Å². The Hall–Kier alpha value is -3.78. The first-order valence-corrected chi connectivity index (χ1v) is 21.5. The molecule has 0 radical (unpaired) electrons.